The third-order valence-corrected chi connectivity index (χ3v) is 2.83. The minimum atomic E-state index is -0.915. The fraction of sp³-hybridized carbons (Fsp3) is 0.636. The lowest BCUT2D eigenvalue weighted by molar-refractivity contribution is -0.137. The molecule has 96 valence electrons. The van der Waals surface area contributed by atoms with Gasteiger partial charge in [-0.3, -0.25) is 4.79 Å². The fourth-order valence-electron chi connectivity index (χ4n) is 1.11. The molecule has 0 aromatic carbocycles. The molecule has 17 heavy (non-hydrogen) atoms. The summed E-state index contributed by atoms with van der Waals surface area (Å²) < 4.78 is 0. The minimum Gasteiger partial charge on any atom is -0.481 e. The first-order valence-corrected chi connectivity index (χ1v) is 6.53. The van der Waals surface area contributed by atoms with Crippen LogP contribution in [0, 0.1) is 12.3 Å². The second kappa shape index (κ2) is 9.85. The Balaban J connectivity index is 3.69. The van der Waals surface area contributed by atoms with Gasteiger partial charge in [0.05, 0.1) is 12.2 Å². The van der Waals surface area contributed by atoms with Crippen LogP contribution < -0.4 is 10.6 Å². The largest absolute Gasteiger partial charge is 0.481 e. The van der Waals surface area contributed by atoms with Crippen molar-refractivity contribution in [2.75, 3.05) is 18.1 Å². The predicted octanol–water partition coefficient (Wildman–Crippen LogP) is 0.905. The van der Waals surface area contributed by atoms with Crippen LogP contribution >= 0.6 is 11.8 Å². The van der Waals surface area contributed by atoms with E-state index in [1.165, 1.54) is 0 Å². The van der Waals surface area contributed by atoms with Gasteiger partial charge < -0.3 is 15.7 Å². The van der Waals surface area contributed by atoms with Crippen molar-refractivity contribution < 1.29 is 14.7 Å². The van der Waals surface area contributed by atoms with Gasteiger partial charge in [0.15, 0.2) is 0 Å². The Labute approximate surface area is 106 Å². The number of carboxylic acid groups (broad SMARTS) is 1. The van der Waals surface area contributed by atoms with Gasteiger partial charge in [0, 0.05) is 18.3 Å². The molecule has 0 radical (unpaired) electrons. The molecule has 1 unspecified atom stereocenters. The van der Waals surface area contributed by atoms with Crippen LogP contribution in [0.3, 0.4) is 0 Å². The number of rotatable bonds is 8. The molecule has 0 saturated heterocycles. The number of carbonyl (C=O) groups is 2. The molecule has 0 saturated carbocycles. The zero-order valence-corrected chi connectivity index (χ0v) is 10.7. The van der Waals surface area contributed by atoms with Crippen molar-refractivity contribution >= 4 is 23.8 Å². The van der Waals surface area contributed by atoms with Gasteiger partial charge in [0.1, 0.15) is 0 Å². The lowest BCUT2D eigenvalue weighted by atomic mass is 10.1. The molecule has 0 aliphatic heterocycles. The van der Waals surface area contributed by atoms with Crippen LogP contribution in [-0.2, 0) is 4.79 Å². The quantitative estimate of drug-likeness (QED) is 0.446. The molecule has 0 aromatic heterocycles. The van der Waals surface area contributed by atoms with Gasteiger partial charge in [0.2, 0.25) is 0 Å². The van der Waals surface area contributed by atoms with E-state index in [2.05, 4.69) is 16.6 Å². The summed E-state index contributed by atoms with van der Waals surface area (Å²) in [5.41, 5.74) is 0. The van der Waals surface area contributed by atoms with E-state index in [1.807, 2.05) is 6.92 Å². The summed E-state index contributed by atoms with van der Waals surface area (Å²) in [4.78, 5) is 21.9. The van der Waals surface area contributed by atoms with Crippen LogP contribution in [0.4, 0.5) is 4.79 Å². The van der Waals surface area contributed by atoms with Crippen molar-refractivity contribution in [3.05, 3.63) is 0 Å². The molecule has 0 aliphatic rings. The van der Waals surface area contributed by atoms with Gasteiger partial charge in [-0.2, -0.15) is 0 Å². The number of amides is 2. The summed E-state index contributed by atoms with van der Waals surface area (Å²) in [7, 11) is 0. The second-order valence-corrected chi connectivity index (χ2v) is 4.47. The van der Waals surface area contributed by atoms with Crippen molar-refractivity contribution in [1.29, 1.82) is 0 Å². The minimum absolute atomic E-state index is 0.0598. The van der Waals surface area contributed by atoms with Crippen molar-refractivity contribution in [3.63, 3.8) is 0 Å². The van der Waals surface area contributed by atoms with Crippen LogP contribution in [0.2, 0.25) is 0 Å². The van der Waals surface area contributed by atoms with Gasteiger partial charge in [-0.1, -0.05) is 12.8 Å². The highest BCUT2D eigenvalue weighted by Gasteiger charge is 2.13. The SMILES string of the molecule is C#CCSCCNC(=O)NC(CC)CC(=O)O. The topological polar surface area (TPSA) is 78.4 Å². The smallest absolute Gasteiger partial charge is 0.315 e. The number of carbonyl (C=O) groups excluding carboxylic acids is 1. The average Bonchev–Trinajstić information content (AvgIpc) is 2.27. The molecule has 0 rings (SSSR count). The second-order valence-electron chi connectivity index (χ2n) is 3.36. The first-order chi connectivity index (χ1) is 8.10. The standard InChI is InChI=1S/C11H18N2O3S/c1-3-6-17-7-5-12-11(16)13-9(4-2)8-10(14)15/h1,9H,4-8H2,2H3,(H,14,15)(H2,12,13,16). The number of hydrogen-bond acceptors (Lipinski definition) is 3. The molecule has 0 heterocycles. The molecule has 0 aromatic rings. The zero-order chi connectivity index (χ0) is 13.1. The normalized spacial score (nSPS) is 11.3. The highest BCUT2D eigenvalue weighted by Crippen LogP contribution is 1.98. The molecule has 5 nitrogen and oxygen atoms in total. The summed E-state index contributed by atoms with van der Waals surface area (Å²) in [5.74, 6) is 2.94. The van der Waals surface area contributed by atoms with E-state index in [9.17, 15) is 9.59 Å². The number of urea groups is 1. The zero-order valence-electron chi connectivity index (χ0n) is 9.86. The number of aliphatic carboxylic acids is 1. The maximum absolute atomic E-state index is 11.4. The van der Waals surface area contributed by atoms with E-state index in [-0.39, 0.29) is 18.5 Å². The molecule has 2 amide bonds. The van der Waals surface area contributed by atoms with E-state index in [1.54, 1.807) is 11.8 Å². The third kappa shape index (κ3) is 9.57. The van der Waals surface area contributed by atoms with Crippen LogP contribution in [0.15, 0.2) is 0 Å². The molecule has 0 spiro atoms. The van der Waals surface area contributed by atoms with E-state index in [4.69, 9.17) is 11.5 Å². The van der Waals surface area contributed by atoms with Crippen LogP contribution in [0.1, 0.15) is 19.8 Å². The first-order valence-electron chi connectivity index (χ1n) is 5.37. The Bertz CT molecular complexity index is 289. The Hall–Kier alpha value is -1.35. The highest BCUT2D eigenvalue weighted by molar-refractivity contribution is 7.99. The number of carboxylic acids is 1. The van der Waals surface area contributed by atoms with Gasteiger partial charge in [-0.25, -0.2) is 4.79 Å². The number of hydrogen-bond donors (Lipinski definition) is 3. The van der Waals surface area contributed by atoms with E-state index in [0.29, 0.717) is 18.7 Å². The molecular weight excluding hydrogens is 240 g/mol. The van der Waals surface area contributed by atoms with Crippen molar-refractivity contribution in [2.24, 2.45) is 0 Å². The predicted molar refractivity (Wildman–Crippen MR) is 69.0 cm³/mol. The number of nitrogens with one attached hydrogen (secondary N) is 2. The van der Waals surface area contributed by atoms with Gasteiger partial charge in [-0.05, 0) is 6.42 Å². The van der Waals surface area contributed by atoms with E-state index >= 15 is 0 Å². The Morgan fingerprint density at radius 3 is 2.76 bits per heavy atom. The van der Waals surface area contributed by atoms with Gasteiger partial charge >= 0.3 is 12.0 Å². The molecule has 3 N–H and O–H groups in total. The molecule has 0 bridgehead atoms. The Morgan fingerprint density at radius 1 is 1.53 bits per heavy atom. The maximum Gasteiger partial charge on any atom is 0.315 e. The number of terminal acetylenes is 1. The van der Waals surface area contributed by atoms with Crippen molar-refractivity contribution in [1.82, 2.24) is 10.6 Å². The monoisotopic (exact) mass is 258 g/mol. The summed E-state index contributed by atoms with van der Waals surface area (Å²) in [6, 6.07) is -0.662. The maximum atomic E-state index is 11.4. The van der Waals surface area contributed by atoms with Crippen molar-refractivity contribution in [3.8, 4) is 12.3 Å². The third-order valence-electron chi connectivity index (χ3n) is 1.97. The average molecular weight is 258 g/mol. The summed E-state index contributed by atoms with van der Waals surface area (Å²) >= 11 is 1.56. The van der Waals surface area contributed by atoms with E-state index in [0.717, 1.165) is 5.75 Å². The summed E-state index contributed by atoms with van der Waals surface area (Å²) in [5, 5.41) is 13.9. The lowest BCUT2D eigenvalue weighted by Crippen LogP contribution is -2.43. The van der Waals surface area contributed by atoms with Gasteiger partial charge in [0.25, 0.3) is 0 Å². The Morgan fingerprint density at radius 2 is 2.24 bits per heavy atom. The van der Waals surface area contributed by atoms with Crippen LogP contribution in [-0.4, -0.2) is 41.2 Å². The van der Waals surface area contributed by atoms with E-state index < -0.39 is 5.97 Å². The number of thioether (sulfide) groups is 1. The molecule has 0 fully saturated rings. The van der Waals surface area contributed by atoms with Gasteiger partial charge in [-0.15, -0.1) is 18.2 Å². The highest BCUT2D eigenvalue weighted by atomic mass is 32.2. The lowest BCUT2D eigenvalue weighted by Gasteiger charge is -2.15. The fourth-order valence-corrected chi connectivity index (χ4v) is 1.62. The summed E-state index contributed by atoms with van der Waals surface area (Å²) in [6.07, 6.45) is 5.60. The molecule has 0 aliphatic carbocycles. The molecule has 6 heteroatoms. The summed E-state index contributed by atoms with van der Waals surface area (Å²) in [6.45, 7) is 2.35. The first kappa shape index (κ1) is 15.7. The van der Waals surface area contributed by atoms with Crippen LogP contribution in [0.5, 0.6) is 0 Å². The molecular formula is C11H18N2O3S. The Kier molecular flexibility index (Phi) is 9.06. The van der Waals surface area contributed by atoms with Crippen LogP contribution in [0.25, 0.3) is 0 Å². The van der Waals surface area contributed by atoms with Crippen molar-refractivity contribution in [2.45, 2.75) is 25.8 Å². The molecule has 1 atom stereocenters.